The lowest BCUT2D eigenvalue weighted by Crippen LogP contribution is -2.15. The van der Waals surface area contributed by atoms with Crippen molar-refractivity contribution in [1.29, 1.82) is 0 Å². The van der Waals surface area contributed by atoms with Gasteiger partial charge in [-0.3, -0.25) is 9.71 Å². The van der Waals surface area contributed by atoms with Gasteiger partial charge in [-0.15, -0.1) is 0 Å². The van der Waals surface area contributed by atoms with Gasteiger partial charge in [-0.1, -0.05) is 29.3 Å². The number of methoxy groups -OCH3 is 2. The van der Waals surface area contributed by atoms with Crippen LogP contribution in [0.3, 0.4) is 0 Å². The third-order valence-corrected chi connectivity index (χ3v) is 5.87. The number of carbonyl (C=O) groups is 1. The maximum atomic E-state index is 12.6. The van der Waals surface area contributed by atoms with Gasteiger partial charge < -0.3 is 14.6 Å². The largest absolute Gasteiger partial charge is 0.497 e. The number of nitrogens with zero attached hydrogens (tertiary/aromatic N) is 1. The molecule has 0 aliphatic carbocycles. The van der Waals surface area contributed by atoms with E-state index in [0.29, 0.717) is 11.5 Å². The van der Waals surface area contributed by atoms with E-state index in [9.17, 15) is 13.2 Å². The average molecular weight is 485 g/mol. The smallest absolute Gasteiger partial charge is 0.337 e. The summed E-state index contributed by atoms with van der Waals surface area (Å²) in [6.45, 7) is 0. The van der Waals surface area contributed by atoms with Crippen LogP contribution < -0.4 is 14.2 Å². The molecule has 0 bridgehead atoms. The minimum Gasteiger partial charge on any atom is -0.497 e. The zero-order chi connectivity index (χ0) is 23.0. The third kappa shape index (κ3) is 6.74. The number of hydrogen-bond acceptors (Lipinski definition) is 6. The van der Waals surface area contributed by atoms with Crippen molar-refractivity contribution in [3.8, 4) is 11.5 Å². The Kier molecular flexibility index (Phi) is 8.49. The summed E-state index contributed by atoms with van der Waals surface area (Å²) in [6, 6.07) is 12.1. The Bertz CT molecular complexity index is 1110. The number of nitrogens with one attached hydrogen (secondary N) is 1. The summed E-state index contributed by atoms with van der Waals surface area (Å²) in [5.41, 5.74) is -0.228. The molecule has 0 saturated carbocycles. The molecule has 0 fully saturated rings. The number of carboxylic acids is 1. The Morgan fingerprint density at radius 1 is 0.935 bits per heavy atom. The zero-order valence-corrected chi connectivity index (χ0v) is 18.7. The Hall–Kier alpha value is -3.01. The van der Waals surface area contributed by atoms with Crippen LogP contribution in [0.15, 0.2) is 65.8 Å². The summed E-state index contributed by atoms with van der Waals surface area (Å²) in [4.78, 5) is 14.5. The van der Waals surface area contributed by atoms with Crippen LogP contribution in [-0.2, 0) is 10.0 Å². The quantitative estimate of drug-likeness (QED) is 0.525. The zero-order valence-electron chi connectivity index (χ0n) is 16.4. The molecule has 0 radical (unpaired) electrons. The van der Waals surface area contributed by atoms with Crippen LogP contribution in [0.4, 0.5) is 5.69 Å². The molecule has 1 heterocycles. The maximum absolute atomic E-state index is 12.6. The molecular weight excluding hydrogens is 467 g/mol. The van der Waals surface area contributed by atoms with E-state index in [0.717, 1.165) is 12.1 Å². The first-order valence-electron chi connectivity index (χ1n) is 8.51. The van der Waals surface area contributed by atoms with Gasteiger partial charge in [0.05, 0.1) is 35.5 Å². The molecule has 0 amide bonds. The van der Waals surface area contributed by atoms with Crippen LogP contribution in [0.1, 0.15) is 10.4 Å². The number of rotatable bonds is 6. The fourth-order valence-electron chi connectivity index (χ4n) is 2.29. The van der Waals surface area contributed by atoms with Gasteiger partial charge in [0, 0.05) is 30.6 Å². The number of anilines is 1. The summed E-state index contributed by atoms with van der Waals surface area (Å²) in [6.07, 6.45) is 3.50. The predicted octanol–water partition coefficient (Wildman–Crippen LogP) is 4.59. The van der Waals surface area contributed by atoms with Crippen LogP contribution in [-0.4, -0.2) is 38.7 Å². The first kappa shape index (κ1) is 24.3. The van der Waals surface area contributed by atoms with E-state index in [4.69, 9.17) is 37.8 Å². The first-order valence-corrected chi connectivity index (χ1v) is 10.7. The lowest BCUT2D eigenvalue weighted by Gasteiger charge is -2.13. The highest BCUT2D eigenvalue weighted by molar-refractivity contribution is 7.92. The van der Waals surface area contributed by atoms with Crippen molar-refractivity contribution in [1.82, 2.24) is 4.98 Å². The van der Waals surface area contributed by atoms with Gasteiger partial charge in [0.25, 0.3) is 10.0 Å². The van der Waals surface area contributed by atoms with E-state index >= 15 is 0 Å². The molecule has 0 unspecified atom stereocenters. The molecule has 3 rings (SSSR count). The Morgan fingerprint density at radius 3 is 1.94 bits per heavy atom. The van der Waals surface area contributed by atoms with E-state index < -0.39 is 20.9 Å². The SMILES string of the molecule is COc1cc(NS(=O)(=O)c2cc(C(=O)O)c(Cl)cc2Cl)cc(OC)c1.c1ccncc1. The molecule has 0 spiro atoms. The van der Waals surface area contributed by atoms with Gasteiger partial charge in [-0.2, -0.15) is 0 Å². The van der Waals surface area contributed by atoms with Gasteiger partial charge in [0.15, 0.2) is 0 Å². The van der Waals surface area contributed by atoms with Gasteiger partial charge in [-0.25, -0.2) is 13.2 Å². The van der Waals surface area contributed by atoms with E-state index in [2.05, 4.69) is 9.71 Å². The fraction of sp³-hybridized carbons (Fsp3) is 0.100. The van der Waals surface area contributed by atoms with Crippen molar-refractivity contribution in [2.45, 2.75) is 4.90 Å². The summed E-state index contributed by atoms with van der Waals surface area (Å²) in [5.74, 6) is -0.642. The highest BCUT2D eigenvalue weighted by atomic mass is 35.5. The summed E-state index contributed by atoms with van der Waals surface area (Å²) in [7, 11) is -1.34. The number of benzene rings is 2. The molecule has 0 saturated heterocycles. The number of carboxylic acid groups (broad SMARTS) is 1. The third-order valence-electron chi connectivity index (χ3n) is 3.71. The fourth-order valence-corrected chi connectivity index (χ4v) is 4.18. The molecule has 31 heavy (non-hydrogen) atoms. The van der Waals surface area contributed by atoms with Crippen molar-refractivity contribution >= 4 is 44.9 Å². The van der Waals surface area contributed by atoms with Crippen LogP contribution in [0.25, 0.3) is 0 Å². The average Bonchev–Trinajstić information content (AvgIpc) is 2.74. The molecule has 0 aliphatic heterocycles. The second-order valence-electron chi connectivity index (χ2n) is 5.80. The molecule has 8 nitrogen and oxygen atoms in total. The van der Waals surface area contributed by atoms with Crippen LogP contribution in [0.2, 0.25) is 10.0 Å². The lowest BCUT2D eigenvalue weighted by atomic mass is 10.2. The molecule has 11 heteroatoms. The molecular formula is C20H18Cl2N2O6S. The highest BCUT2D eigenvalue weighted by Crippen LogP contribution is 2.32. The number of aromatic carboxylic acids is 1. The van der Waals surface area contributed by atoms with E-state index in [-0.39, 0.29) is 21.3 Å². The second-order valence-corrected chi connectivity index (χ2v) is 8.26. The number of pyridine rings is 1. The van der Waals surface area contributed by atoms with E-state index in [1.807, 2.05) is 18.2 Å². The van der Waals surface area contributed by atoms with Crippen LogP contribution >= 0.6 is 23.2 Å². The normalized spacial score (nSPS) is 10.5. The minimum atomic E-state index is -4.18. The van der Waals surface area contributed by atoms with Crippen molar-refractivity contribution in [3.05, 3.63) is 76.5 Å². The highest BCUT2D eigenvalue weighted by Gasteiger charge is 2.23. The van der Waals surface area contributed by atoms with Crippen molar-refractivity contribution in [2.75, 3.05) is 18.9 Å². The summed E-state index contributed by atoms with van der Waals surface area (Å²) in [5, 5.41) is 8.72. The molecule has 0 atom stereocenters. The molecule has 2 N–H and O–H groups in total. The second kappa shape index (κ2) is 10.9. The number of aromatic nitrogens is 1. The standard InChI is InChI=1S/C15H13Cl2NO6S.C5H5N/c1-23-9-3-8(4-10(5-9)24-2)18-25(21,22)14-6-11(15(19)20)12(16)7-13(14)17;1-2-4-6-5-3-1/h3-7,18H,1-2H3,(H,19,20);1-5H. The van der Waals surface area contributed by atoms with Crippen molar-refractivity contribution in [3.63, 3.8) is 0 Å². The van der Waals surface area contributed by atoms with Crippen LogP contribution in [0, 0.1) is 0 Å². The van der Waals surface area contributed by atoms with Crippen LogP contribution in [0.5, 0.6) is 11.5 Å². The number of sulfonamides is 1. The van der Waals surface area contributed by atoms with Gasteiger partial charge in [0.2, 0.25) is 0 Å². The summed E-state index contributed by atoms with van der Waals surface area (Å²) >= 11 is 11.7. The van der Waals surface area contributed by atoms with Gasteiger partial charge >= 0.3 is 5.97 Å². The molecule has 164 valence electrons. The first-order chi connectivity index (χ1) is 14.7. The van der Waals surface area contributed by atoms with Crippen molar-refractivity contribution in [2.24, 2.45) is 0 Å². The monoisotopic (exact) mass is 484 g/mol. The lowest BCUT2D eigenvalue weighted by molar-refractivity contribution is 0.0697. The molecule has 3 aromatic rings. The Labute approximate surface area is 189 Å². The minimum absolute atomic E-state index is 0.152. The van der Waals surface area contributed by atoms with Crippen molar-refractivity contribution < 1.29 is 27.8 Å². The number of hydrogen-bond donors (Lipinski definition) is 2. The summed E-state index contributed by atoms with van der Waals surface area (Å²) < 4.78 is 37.6. The number of halogens is 2. The number of ether oxygens (including phenoxy) is 2. The van der Waals surface area contributed by atoms with Gasteiger partial charge in [-0.05, 0) is 24.3 Å². The topological polar surface area (TPSA) is 115 Å². The van der Waals surface area contributed by atoms with E-state index in [1.165, 1.54) is 26.4 Å². The Morgan fingerprint density at radius 2 is 1.52 bits per heavy atom. The van der Waals surface area contributed by atoms with E-state index in [1.54, 1.807) is 18.5 Å². The predicted molar refractivity (Wildman–Crippen MR) is 118 cm³/mol. The Balaban J connectivity index is 0.000000488. The van der Waals surface area contributed by atoms with Gasteiger partial charge in [0.1, 0.15) is 16.4 Å². The molecule has 1 aromatic heterocycles. The maximum Gasteiger partial charge on any atom is 0.337 e. The molecule has 2 aromatic carbocycles. The molecule has 0 aliphatic rings.